The Morgan fingerprint density at radius 2 is 1.95 bits per heavy atom. The van der Waals surface area contributed by atoms with Crippen molar-refractivity contribution in [2.45, 2.75) is 63.4 Å². The van der Waals surface area contributed by atoms with Gasteiger partial charge in [0, 0.05) is 12.6 Å². The predicted octanol–water partition coefficient (Wildman–Crippen LogP) is 2.70. The fraction of sp³-hybridized carbons (Fsp3) is 0.625. The van der Waals surface area contributed by atoms with Crippen LogP contribution in [0.4, 0.5) is 0 Å². The van der Waals surface area contributed by atoms with Crippen LogP contribution in [-0.4, -0.2) is 14.5 Å². The molecule has 4 nitrogen and oxygen atoms in total. The lowest BCUT2D eigenvalue weighted by Gasteiger charge is -2.28. The fourth-order valence-electron chi connectivity index (χ4n) is 3.11. The molecule has 1 atom stereocenters. The summed E-state index contributed by atoms with van der Waals surface area (Å²) in [5.41, 5.74) is 7.53. The largest absolute Gasteiger partial charge is 0.326 e. The first-order chi connectivity index (χ1) is 9.94. The molecule has 0 heterocycles. The Kier molecular flexibility index (Phi) is 5.41. The number of rotatable bonds is 5. The molecule has 5 heteroatoms. The van der Waals surface area contributed by atoms with Crippen molar-refractivity contribution in [1.29, 1.82) is 0 Å². The van der Waals surface area contributed by atoms with Gasteiger partial charge in [-0.3, -0.25) is 0 Å². The Balaban J connectivity index is 2.12. The number of hydrogen-bond acceptors (Lipinski definition) is 3. The summed E-state index contributed by atoms with van der Waals surface area (Å²) in [5.74, 6) is 0.456. The molecule has 0 aliphatic heterocycles. The fourth-order valence-corrected chi connectivity index (χ4v) is 4.50. The van der Waals surface area contributed by atoms with Gasteiger partial charge in [0.15, 0.2) is 0 Å². The maximum Gasteiger partial charge on any atom is 0.240 e. The normalized spacial score (nSPS) is 18.6. The van der Waals surface area contributed by atoms with Crippen molar-refractivity contribution in [3.05, 3.63) is 29.3 Å². The van der Waals surface area contributed by atoms with Crippen molar-refractivity contribution in [2.75, 3.05) is 0 Å². The van der Waals surface area contributed by atoms with Gasteiger partial charge >= 0.3 is 0 Å². The van der Waals surface area contributed by atoms with Crippen LogP contribution >= 0.6 is 0 Å². The van der Waals surface area contributed by atoms with Gasteiger partial charge in [0.2, 0.25) is 10.0 Å². The number of aryl methyl sites for hydroxylation is 1. The average Bonchev–Trinajstić information content (AvgIpc) is 2.47. The number of nitrogens with two attached hydrogens (primary N) is 1. The molecule has 21 heavy (non-hydrogen) atoms. The van der Waals surface area contributed by atoms with Gasteiger partial charge in [-0.1, -0.05) is 25.3 Å². The molecule has 1 aromatic carbocycles. The van der Waals surface area contributed by atoms with Crippen LogP contribution in [0.25, 0.3) is 0 Å². The molecular formula is C16H26N2O2S. The summed E-state index contributed by atoms with van der Waals surface area (Å²) < 4.78 is 27.8. The Morgan fingerprint density at radius 1 is 1.29 bits per heavy atom. The van der Waals surface area contributed by atoms with Gasteiger partial charge in [-0.05, 0) is 55.9 Å². The van der Waals surface area contributed by atoms with E-state index in [-0.39, 0.29) is 6.04 Å². The van der Waals surface area contributed by atoms with Gasteiger partial charge < -0.3 is 5.73 Å². The van der Waals surface area contributed by atoms with Crippen LogP contribution in [0.15, 0.2) is 23.1 Å². The molecule has 1 saturated carbocycles. The standard InChI is InChI=1S/C16H26N2O2S/c1-12-10-16(9-8-15(12)11-17)21(19,20)18-13(2)14-6-4-3-5-7-14/h8-10,13-14,18H,3-7,11,17H2,1-2H3. The molecule has 0 radical (unpaired) electrons. The summed E-state index contributed by atoms with van der Waals surface area (Å²) >= 11 is 0. The zero-order valence-corrected chi connectivity index (χ0v) is 13.7. The maximum absolute atomic E-state index is 12.5. The summed E-state index contributed by atoms with van der Waals surface area (Å²) in [4.78, 5) is 0.333. The second kappa shape index (κ2) is 6.90. The first kappa shape index (κ1) is 16.5. The zero-order chi connectivity index (χ0) is 15.5. The molecule has 0 spiro atoms. The lowest BCUT2D eigenvalue weighted by Crippen LogP contribution is -2.38. The summed E-state index contributed by atoms with van der Waals surface area (Å²) in [7, 11) is -3.45. The molecule has 118 valence electrons. The van der Waals surface area contributed by atoms with Gasteiger partial charge in [-0.25, -0.2) is 13.1 Å². The van der Waals surface area contributed by atoms with Crippen LogP contribution in [0.5, 0.6) is 0 Å². The van der Waals surface area contributed by atoms with Crippen molar-refractivity contribution < 1.29 is 8.42 Å². The number of benzene rings is 1. The molecule has 0 aromatic heterocycles. The number of nitrogens with one attached hydrogen (secondary N) is 1. The second-order valence-electron chi connectivity index (χ2n) is 6.10. The minimum absolute atomic E-state index is 0.00945. The van der Waals surface area contributed by atoms with Crippen LogP contribution < -0.4 is 10.5 Å². The number of hydrogen-bond donors (Lipinski definition) is 2. The highest BCUT2D eigenvalue weighted by Gasteiger charge is 2.25. The molecule has 3 N–H and O–H groups in total. The molecule has 1 aliphatic carbocycles. The van der Waals surface area contributed by atoms with E-state index in [9.17, 15) is 8.42 Å². The molecular weight excluding hydrogens is 284 g/mol. The molecule has 2 rings (SSSR count). The van der Waals surface area contributed by atoms with Crippen LogP contribution in [0.1, 0.15) is 50.2 Å². The smallest absolute Gasteiger partial charge is 0.240 e. The van der Waals surface area contributed by atoms with Gasteiger partial charge in [0.05, 0.1) is 4.90 Å². The Bertz CT molecular complexity index is 578. The Hall–Kier alpha value is -0.910. The van der Waals surface area contributed by atoms with E-state index < -0.39 is 10.0 Å². The molecule has 1 fully saturated rings. The van der Waals surface area contributed by atoms with Crippen molar-refractivity contribution in [3.63, 3.8) is 0 Å². The topological polar surface area (TPSA) is 72.2 Å². The minimum atomic E-state index is -3.45. The average molecular weight is 310 g/mol. The second-order valence-corrected chi connectivity index (χ2v) is 7.81. The van der Waals surface area contributed by atoms with E-state index in [2.05, 4.69) is 4.72 Å². The minimum Gasteiger partial charge on any atom is -0.326 e. The Morgan fingerprint density at radius 3 is 2.52 bits per heavy atom. The van der Waals surface area contributed by atoms with Crippen LogP contribution in [0, 0.1) is 12.8 Å². The van der Waals surface area contributed by atoms with E-state index in [4.69, 9.17) is 5.73 Å². The third kappa shape index (κ3) is 4.05. The van der Waals surface area contributed by atoms with Crippen LogP contribution in [0.3, 0.4) is 0 Å². The lowest BCUT2D eigenvalue weighted by atomic mass is 9.85. The molecule has 1 aromatic rings. The predicted molar refractivity (Wildman–Crippen MR) is 85.4 cm³/mol. The molecule has 0 bridgehead atoms. The van der Waals surface area contributed by atoms with Crippen LogP contribution in [-0.2, 0) is 16.6 Å². The lowest BCUT2D eigenvalue weighted by molar-refractivity contribution is 0.303. The van der Waals surface area contributed by atoms with Crippen LogP contribution in [0.2, 0.25) is 0 Å². The zero-order valence-electron chi connectivity index (χ0n) is 12.9. The van der Waals surface area contributed by atoms with Gasteiger partial charge in [-0.2, -0.15) is 0 Å². The van der Waals surface area contributed by atoms with E-state index in [0.717, 1.165) is 24.0 Å². The van der Waals surface area contributed by atoms with Crippen molar-refractivity contribution in [3.8, 4) is 0 Å². The molecule has 0 saturated heterocycles. The molecule has 1 aliphatic rings. The quantitative estimate of drug-likeness (QED) is 0.878. The third-order valence-corrected chi connectivity index (χ3v) is 6.10. The van der Waals surface area contributed by atoms with E-state index >= 15 is 0 Å². The van der Waals surface area contributed by atoms with Gasteiger partial charge in [0.25, 0.3) is 0 Å². The van der Waals surface area contributed by atoms with Gasteiger partial charge in [0.1, 0.15) is 0 Å². The number of sulfonamides is 1. The highest BCUT2D eigenvalue weighted by molar-refractivity contribution is 7.89. The highest BCUT2D eigenvalue weighted by atomic mass is 32.2. The monoisotopic (exact) mass is 310 g/mol. The highest BCUT2D eigenvalue weighted by Crippen LogP contribution is 2.27. The Labute approximate surface area is 128 Å². The van der Waals surface area contributed by atoms with Crippen molar-refractivity contribution >= 4 is 10.0 Å². The van der Waals surface area contributed by atoms with E-state index in [0.29, 0.717) is 17.4 Å². The third-order valence-electron chi connectivity index (χ3n) is 4.54. The summed E-state index contributed by atoms with van der Waals surface area (Å²) in [5, 5.41) is 0. The van der Waals surface area contributed by atoms with Gasteiger partial charge in [-0.15, -0.1) is 0 Å². The first-order valence-corrected chi connectivity index (χ1v) is 9.24. The maximum atomic E-state index is 12.5. The van der Waals surface area contributed by atoms with Crippen molar-refractivity contribution in [2.24, 2.45) is 11.7 Å². The summed E-state index contributed by atoms with van der Waals surface area (Å²) in [6.07, 6.45) is 5.93. The first-order valence-electron chi connectivity index (χ1n) is 7.76. The molecule has 0 amide bonds. The molecule has 1 unspecified atom stereocenters. The van der Waals surface area contributed by atoms with Crippen molar-refractivity contribution in [1.82, 2.24) is 4.72 Å². The SMILES string of the molecule is Cc1cc(S(=O)(=O)NC(C)C2CCCCC2)ccc1CN. The summed E-state index contributed by atoms with van der Waals surface area (Å²) in [6.45, 7) is 4.30. The van der Waals surface area contributed by atoms with E-state index in [1.165, 1.54) is 19.3 Å². The van der Waals surface area contributed by atoms with E-state index in [1.807, 2.05) is 13.8 Å². The van der Waals surface area contributed by atoms with E-state index in [1.54, 1.807) is 18.2 Å². The summed E-state index contributed by atoms with van der Waals surface area (Å²) in [6, 6.07) is 5.14.